The van der Waals surface area contributed by atoms with Crippen molar-refractivity contribution in [3.05, 3.63) is 29.8 Å². The third-order valence-electron chi connectivity index (χ3n) is 3.36. The first-order chi connectivity index (χ1) is 12.6. The van der Waals surface area contributed by atoms with E-state index in [9.17, 15) is 21.6 Å². The third-order valence-corrected chi connectivity index (χ3v) is 4.76. The van der Waals surface area contributed by atoms with Gasteiger partial charge in [0.15, 0.2) is 12.6 Å². The molecule has 0 saturated carbocycles. The summed E-state index contributed by atoms with van der Waals surface area (Å²) in [5.41, 5.74) is 0.841. The molecule has 1 aromatic carbocycles. The Kier molecular flexibility index (Phi) is 12.4. The summed E-state index contributed by atoms with van der Waals surface area (Å²) in [4.78, 5) is 4.05. The number of benzene rings is 1. The summed E-state index contributed by atoms with van der Waals surface area (Å²) in [5.74, 6) is 0.725. The lowest BCUT2D eigenvalue weighted by atomic mass is 10.2. The molecular formula is C16H26F3IN4O3S. The van der Waals surface area contributed by atoms with Crippen molar-refractivity contribution < 1.29 is 26.3 Å². The Morgan fingerprint density at radius 3 is 2.32 bits per heavy atom. The molecule has 7 nitrogen and oxygen atoms in total. The summed E-state index contributed by atoms with van der Waals surface area (Å²) in [7, 11) is -1.58. The Labute approximate surface area is 180 Å². The molecule has 0 aliphatic carbocycles. The predicted molar refractivity (Wildman–Crippen MR) is 114 cm³/mol. The first-order valence-electron chi connectivity index (χ1n) is 8.35. The molecule has 0 aliphatic rings. The summed E-state index contributed by atoms with van der Waals surface area (Å²) < 4.78 is 66.0. The molecule has 0 saturated heterocycles. The lowest BCUT2D eigenvalue weighted by molar-refractivity contribution is -0.153. The maximum absolute atomic E-state index is 12.1. The SMILES string of the molecule is CCS(=O)(=O)NCCCNC(=NC)NCc1ccc(OCC(F)(F)F)cc1.I. The molecule has 1 aromatic rings. The van der Waals surface area contributed by atoms with Crippen molar-refractivity contribution in [2.75, 3.05) is 32.5 Å². The van der Waals surface area contributed by atoms with Crippen molar-refractivity contribution in [2.45, 2.75) is 26.1 Å². The van der Waals surface area contributed by atoms with Gasteiger partial charge in [0, 0.05) is 26.7 Å². The van der Waals surface area contributed by atoms with E-state index >= 15 is 0 Å². The standard InChI is InChI=1S/C16H25F3N4O3S.HI/c1-3-27(24,25)23-10-4-9-21-15(20-2)22-11-13-5-7-14(8-6-13)26-12-16(17,18)19;/h5-8,23H,3-4,9-12H2,1-2H3,(H2,20,21,22);1H. The van der Waals surface area contributed by atoms with Crippen LogP contribution >= 0.6 is 24.0 Å². The second-order valence-corrected chi connectivity index (χ2v) is 7.65. The molecule has 0 unspecified atom stereocenters. The number of hydrogen-bond acceptors (Lipinski definition) is 4. The minimum absolute atomic E-state index is 0. The van der Waals surface area contributed by atoms with E-state index in [0.717, 1.165) is 5.56 Å². The van der Waals surface area contributed by atoms with E-state index in [4.69, 9.17) is 0 Å². The molecule has 0 spiro atoms. The van der Waals surface area contributed by atoms with Gasteiger partial charge in [-0.05, 0) is 31.0 Å². The summed E-state index contributed by atoms with van der Waals surface area (Å²) in [6, 6.07) is 6.26. The zero-order valence-corrected chi connectivity index (χ0v) is 18.8. The second kappa shape index (κ2) is 13.0. The number of sulfonamides is 1. The van der Waals surface area contributed by atoms with Gasteiger partial charge in [-0.25, -0.2) is 13.1 Å². The van der Waals surface area contributed by atoms with Gasteiger partial charge < -0.3 is 15.4 Å². The molecule has 0 fully saturated rings. The average molecular weight is 538 g/mol. The zero-order chi connectivity index (χ0) is 20.3. The van der Waals surface area contributed by atoms with E-state index in [1.807, 2.05) is 0 Å². The van der Waals surface area contributed by atoms with E-state index in [1.54, 1.807) is 26.1 Å². The molecule has 28 heavy (non-hydrogen) atoms. The maximum Gasteiger partial charge on any atom is 0.422 e. The molecule has 1 rings (SSSR count). The number of guanidine groups is 1. The van der Waals surface area contributed by atoms with E-state index in [-0.39, 0.29) is 35.5 Å². The Bertz CT molecular complexity index is 698. The normalized spacial score (nSPS) is 12.2. The number of aliphatic imine (C=N–C) groups is 1. The van der Waals surface area contributed by atoms with Crippen molar-refractivity contribution in [3.8, 4) is 5.75 Å². The Morgan fingerprint density at radius 2 is 1.79 bits per heavy atom. The topological polar surface area (TPSA) is 91.8 Å². The molecule has 0 radical (unpaired) electrons. The van der Waals surface area contributed by atoms with Crippen LogP contribution in [0.3, 0.4) is 0 Å². The Balaban J connectivity index is 0.00000729. The molecule has 0 heterocycles. The van der Waals surface area contributed by atoms with Crippen LogP contribution in [-0.2, 0) is 16.6 Å². The van der Waals surface area contributed by atoms with Gasteiger partial charge in [0.1, 0.15) is 5.75 Å². The number of rotatable bonds is 10. The zero-order valence-electron chi connectivity index (χ0n) is 15.7. The number of ether oxygens (including phenoxy) is 1. The van der Waals surface area contributed by atoms with Crippen LogP contribution in [0.1, 0.15) is 18.9 Å². The molecular weight excluding hydrogens is 512 g/mol. The summed E-state index contributed by atoms with van der Waals surface area (Å²) >= 11 is 0. The van der Waals surface area contributed by atoms with Crippen LogP contribution in [0.5, 0.6) is 5.75 Å². The van der Waals surface area contributed by atoms with Crippen molar-refractivity contribution in [3.63, 3.8) is 0 Å². The molecule has 162 valence electrons. The van der Waals surface area contributed by atoms with Crippen LogP contribution in [0.15, 0.2) is 29.3 Å². The van der Waals surface area contributed by atoms with Crippen molar-refractivity contribution in [1.82, 2.24) is 15.4 Å². The fraction of sp³-hybridized carbons (Fsp3) is 0.562. The number of hydrogen-bond donors (Lipinski definition) is 3. The monoisotopic (exact) mass is 538 g/mol. The summed E-state index contributed by atoms with van der Waals surface area (Å²) in [5, 5.41) is 6.11. The van der Waals surface area contributed by atoms with Crippen molar-refractivity contribution >= 4 is 40.0 Å². The highest BCUT2D eigenvalue weighted by Gasteiger charge is 2.28. The van der Waals surface area contributed by atoms with Crippen LogP contribution in [-0.4, -0.2) is 53.1 Å². The van der Waals surface area contributed by atoms with Crippen molar-refractivity contribution in [2.24, 2.45) is 4.99 Å². The van der Waals surface area contributed by atoms with E-state index in [0.29, 0.717) is 32.0 Å². The van der Waals surface area contributed by atoms with Gasteiger partial charge in [0.25, 0.3) is 0 Å². The van der Waals surface area contributed by atoms with Crippen LogP contribution in [0.4, 0.5) is 13.2 Å². The average Bonchev–Trinajstić information content (AvgIpc) is 2.62. The van der Waals surface area contributed by atoms with Crippen LogP contribution in [0.25, 0.3) is 0 Å². The highest BCUT2D eigenvalue weighted by molar-refractivity contribution is 14.0. The Hall–Kier alpha value is -1.28. The predicted octanol–water partition coefficient (Wildman–Crippen LogP) is 2.24. The molecule has 0 amide bonds. The first-order valence-corrected chi connectivity index (χ1v) is 10.0. The first kappa shape index (κ1) is 26.7. The summed E-state index contributed by atoms with van der Waals surface area (Å²) in [6.45, 7) is 1.52. The quantitative estimate of drug-likeness (QED) is 0.184. The van der Waals surface area contributed by atoms with E-state index in [2.05, 4.69) is 25.1 Å². The van der Waals surface area contributed by atoms with Crippen molar-refractivity contribution in [1.29, 1.82) is 0 Å². The van der Waals surface area contributed by atoms with Gasteiger partial charge in [-0.1, -0.05) is 12.1 Å². The number of nitrogens with one attached hydrogen (secondary N) is 3. The molecule has 3 N–H and O–H groups in total. The molecule has 0 bridgehead atoms. The van der Waals surface area contributed by atoms with Gasteiger partial charge in [-0.15, -0.1) is 24.0 Å². The van der Waals surface area contributed by atoms with E-state index < -0.39 is 22.8 Å². The van der Waals surface area contributed by atoms with Gasteiger partial charge in [-0.3, -0.25) is 4.99 Å². The number of halogens is 4. The minimum atomic E-state index is -4.37. The van der Waals surface area contributed by atoms with E-state index in [1.165, 1.54) is 12.1 Å². The molecule has 0 aromatic heterocycles. The van der Waals surface area contributed by atoms with Crippen LogP contribution in [0.2, 0.25) is 0 Å². The highest BCUT2D eigenvalue weighted by Crippen LogP contribution is 2.18. The van der Waals surface area contributed by atoms with Gasteiger partial charge in [0.2, 0.25) is 10.0 Å². The molecule has 0 atom stereocenters. The lowest BCUT2D eigenvalue weighted by Crippen LogP contribution is -2.38. The largest absolute Gasteiger partial charge is 0.484 e. The second-order valence-electron chi connectivity index (χ2n) is 5.55. The molecule has 0 aliphatic heterocycles. The van der Waals surface area contributed by atoms with Crippen LogP contribution < -0.4 is 20.1 Å². The highest BCUT2D eigenvalue weighted by atomic mass is 127. The number of alkyl halides is 3. The lowest BCUT2D eigenvalue weighted by Gasteiger charge is -2.13. The van der Waals surface area contributed by atoms with Gasteiger partial charge in [0.05, 0.1) is 5.75 Å². The number of nitrogens with zero attached hydrogens (tertiary/aromatic N) is 1. The fourth-order valence-electron chi connectivity index (χ4n) is 1.90. The van der Waals surface area contributed by atoms with Gasteiger partial charge >= 0.3 is 6.18 Å². The fourth-order valence-corrected chi connectivity index (χ4v) is 2.56. The van der Waals surface area contributed by atoms with Gasteiger partial charge in [-0.2, -0.15) is 13.2 Å². The summed E-state index contributed by atoms with van der Waals surface area (Å²) in [6.07, 6.45) is -3.78. The Morgan fingerprint density at radius 1 is 1.14 bits per heavy atom. The smallest absolute Gasteiger partial charge is 0.422 e. The molecule has 12 heteroatoms. The maximum atomic E-state index is 12.1. The third kappa shape index (κ3) is 12.2. The van der Waals surface area contributed by atoms with Crippen LogP contribution in [0, 0.1) is 0 Å². The minimum Gasteiger partial charge on any atom is -0.484 e.